The molecule has 0 fully saturated rings. The summed E-state index contributed by atoms with van der Waals surface area (Å²) in [6, 6.07) is 12.7. The maximum absolute atomic E-state index is 13.4. The molecule has 4 rings (SSSR count). The van der Waals surface area contributed by atoms with Crippen molar-refractivity contribution in [1.29, 1.82) is 0 Å². The Morgan fingerprint density at radius 1 is 1.17 bits per heavy atom. The van der Waals surface area contributed by atoms with E-state index in [-0.39, 0.29) is 32.0 Å². The molecule has 1 N–H and O–H groups in total. The molecular weight excluding hydrogens is 546 g/mol. The lowest BCUT2D eigenvalue weighted by Gasteiger charge is -2.32. The first-order valence-corrected chi connectivity index (χ1v) is 13.7. The van der Waals surface area contributed by atoms with Crippen LogP contribution in [-0.4, -0.2) is 62.9 Å². The molecular formula is C30H36ClN5O5. The third kappa shape index (κ3) is 7.58. The van der Waals surface area contributed by atoms with E-state index in [0.717, 1.165) is 22.3 Å². The molecule has 0 bridgehead atoms. The van der Waals surface area contributed by atoms with Crippen LogP contribution in [0.2, 0.25) is 5.02 Å². The Balaban J connectivity index is 1.60. The molecule has 2 aromatic carbocycles. The quantitative estimate of drug-likeness (QED) is 0.370. The van der Waals surface area contributed by atoms with Crippen molar-refractivity contribution < 1.29 is 23.9 Å². The molecule has 1 aliphatic heterocycles. The number of halogens is 1. The van der Waals surface area contributed by atoms with Gasteiger partial charge in [0.2, 0.25) is 5.91 Å². The van der Waals surface area contributed by atoms with Crippen LogP contribution < -0.4 is 5.32 Å². The molecule has 2 heterocycles. The molecule has 1 atom stereocenters. The highest BCUT2D eigenvalue weighted by molar-refractivity contribution is 6.34. The van der Waals surface area contributed by atoms with Gasteiger partial charge in [0.25, 0.3) is 0 Å². The van der Waals surface area contributed by atoms with Crippen LogP contribution in [0.25, 0.3) is 11.1 Å². The third-order valence-corrected chi connectivity index (χ3v) is 6.93. The van der Waals surface area contributed by atoms with Crippen LogP contribution in [0.3, 0.4) is 0 Å². The van der Waals surface area contributed by atoms with Crippen molar-refractivity contribution in [2.24, 2.45) is 7.05 Å². The zero-order chi connectivity index (χ0) is 29.9. The van der Waals surface area contributed by atoms with Gasteiger partial charge in [-0.25, -0.2) is 9.59 Å². The zero-order valence-electron chi connectivity index (χ0n) is 24.2. The molecule has 3 aromatic rings. The molecule has 0 spiro atoms. The maximum Gasteiger partial charge on any atom is 0.410 e. The summed E-state index contributed by atoms with van der Waals surface area (Å²) in [7, 11) is 3.43. The number of nitrogens with zero attached hydrogens (tertiary/aromatic N) is 4. The Hall–Kier alpha value is -4.05. The van der Waals surface area contributed by atoms with Gasteiger partial charge < -0.3 is 24.6 Å². The molecule has 0 aliphatic carbocycles. The number of anilines is 1. The molecule has 0 saturated carbocycles. The SMILES string of the molecule is C[C@H](CN(Cc1nn(C)cc1-c1cc(Cl)c2c(c1)CC(=O)N2)C(=O)OCc1ccccc1)N(C)C(=O)OC(C)(C)C. The van der Waals surface area contributed by atoms with Crippen LogP contribution in [0.1, 0.15) is 44.5 Å². The van der Waals surface area contributed by atoms with Gasteiger partial charge in [0.1, 0.15) is 12.2 Å². The number of rotatable bonds is 8. The summed E-state index contributed by atoms with van der Waals surface area (Å²) in [6.07, 6.45) is 1.06. The van der Waals surface area contributed by atoms with E-state index in [9.17, 15) is 14.4 Å². The van der Waals surface area contributed by atoms with E-state index in [4.69, 9.17) is 21.1 Å². The fraction of sp³-hybridized carbons (Fsp3) is 0.400. The summed E-state index contributed by atoms with van der Waals surface area (Å²) in [5.74, 6) is -0.110. The van der Waals surface area contributed by atoms with Gasteiger partial charge in [0.15, 0.2) is 0 Å². The number of benzene rings is 2. The van der Waals surface area contributed by atoms with E-state index in [2.05, 4.69) is 10.4 Å². The van der Waals surface area contributed by atoms with Crippen molar-refractivity contribution in [2.75, 3.05) is 18.9 Å². The monoisotopic (exact) mass is 581 g/mol. The van der Waals surface area contributed by atoms with Crippen molar-refractivity contribution in [1.82, 2.24) is 19.6 Å². The lowest BCUT2D eigenvalue weighted by atomic mass is 10.0. The summed E-state index contributed by atoms with van der Waals surface area (Å²) in [6.45, 7) is 7.63. The van der Waals surface area contributed by atoms with E-state index < -0.39 is 23.8 Å². The first-order chi connectivity index (χ1) is 19.3. The molecule has 1 aromatic heterocycles. The average Bonchev–Trinajstić information content (AvgIpc) is 3.47. The van der Waals surface area contributed by atoms with E-state index in [1.165, 1.54) is 9.80 Å². The van der Waals surface area contributed by atoms with E-state index >= 15 is 0 Å². The minimum absolute atomic E-state index is 0.100. The molecule has 0 saturated heterocycles. The Morgan fingerprint density at radius 2 is 1.88 bits per heavy atom. The van der Waals surface area contributed by atoms with Crippen LogP contribution in [0, 0.1) is 0 Å². The number of aromatic nitrogens is 2. The number of carbonyl (C=O) groups is 3. The minimum Gasteiger partial charge on any atom is -0.445 e. The number of amides is 3. The van der Waals surface area contributed by atoms with Gasteiger partial charge in [0, 0.05) is 38.4 Å². The highest BCUT2D eigenvalue weighted by Crippen LogP contribution is 2.37. The van der Waals surface area contributed by atoms with Crippen molar-refractivity contribution in [3.05, 3.63) is 70.5 Å². The Morgan fingerprint density at radius 3 is 2.56 bits per heavy atom. The predicted octanol–water partition coefficient (Wildman–Crippen LogP) is 5.63. The van der Waals surface area contributed by atoms with Crippen LogP contribution >= 0.6 is 11.6 Å². The highest BCUT2D eigenvalue weighted by atomic mass is 35.5. The molecule has 10 nitrogen and oxygen atoms in total. The number of fused-ring (bicyclic) bond motifs is 1. The first kappa shape index (κ1) is 29.9. The summed E-state index contributed by atoms with van der Waals surface area (Å²) in [5, 5.41) is 7.86. The molecule has 41 heavy (non-hydrogen) atoms. The Kier molecular flexibility index (Phi) is 8.92. The number of likely N-dealkylation sites (N-methyl/N-ethyl adjacent to an activating group) is 1. The normalized spacial score (nSPS) is 13.3. The number of carbonyl (C=O) groups excluding carboxylic acids is 3. The van der Waals surface area contributed by atoms with E-state index in [1.807, 2.05) is 49.5 Å². The van der Waals surface area contributed by atoms with Gasteiger partial charge in [-0.2, -0.15) is 5.10 Å². The fourth-order valence-electron chi connectivity index (χ4n) is 4.50. The van der Waals surface area contributed by atoms with Gasteiger partial charge in [-0.05, 0) is 56.5 Å². The van der Waals surface area contributed by atoms with Crippen LogP contribution in [0.15, 0.2) is 48.7 Å². The average molecular weight is 582 g/mol. The Labute approximate surface area is 245 Å². The Bertz CT molecular complexity index is 1430. The minimum atomic E-state index is -0.653. The van der Waals surface area contributed by atoms with E-state index in [1.54, 1.807) is 45.6 Å². The van der Waals surface area contributed by atoms with Gasteiger partial charge in [-0.3, -0.25) is 9.48 Å². The first-order valence-electron chi connectivity index (χ1n) is 13.4. The van der Waals surface area contributed by atoms with Crippen molar-refractivity contribution >= 4 is 35.4 Å². The van der Waals surface area contributed by atoms with Crippen LogP contribution in [0.4, 0.5) is 15.3 Å². The van der Waals surface area contributed by atoms with Gasteiger partial charge >= 0.3 is 12.2 Å². The molecule has 3 amide bonds. The van der Waals surface area contributed by atoms with Gasteiger partial charge in [-0.15, -0.1) is 0 Å². The second-order valence-electron chi connectivity index (χ2n) is 11.2. The largest absolute Gasteiger partial charge is 0.445 e. The number of nitrogens with one attached hydrogen (secondary N) is 1. The lowest BCUT2D eigenvalue weighted by molar-refractivity contribution is -0.115. The van der Waals surface area contributed by atoms with Crippen LogP contribution in [-0.2, 0) is 40.9 Å². The smallest absolute Gasteiger partial charge is 0.410 e. The lowest BCUT2D eigenvalue weighted by Crippen LogP contribution is -2.46. The van der Waals surface area contributed by atoms with Crippen molar-refractivity contribution in [2.45, 2.75) is 58.9 Å². The highest BCUT2D eigenvalue weighted by Gasteiger charge is 2.28. The number of aryl methyl sites for hydroxylation is 1. The number of hydrogen-bond acceptors (Lipinski definition) is 6. The second kappa shape index (κ2) is 12.2. The number of ether oxygens (including phenoxy) is 2. The molecule has 218 valence electrons. The summed E-state index contributed by atoms with van der Waals surface area (Å²) in [4.78, 5) is 41.1. The van der Waals surface area contributed by atoms with Crippen molar-refractivity contribution in [3.8, 4) is 11.1 Å². The summed E-state index contributed by atoms with van der Waals surface area (Å²) >= 11 is 6.51. The summed E-state index contributed by atoms with van der Waals surface area (Å²) in [5.41, 5.74) is 3.80. The number of hydrogen-bond donors (Lipinski definition) is 1. The fourth-order valence-corrected chi connectivity index (χ4v) is 4.78. The van der Waals surface area contributed by atoms with Crippen LogP contribution in [0.5, 0.6) is 0 Å². The third-order valence-electron chi connectivity index (χ3n) is 6.63. The molecule has 0 unspecified atom stereocenters. The standard InChI is InChI=1S/C30H36ClN5O5/c1-19(35(6)28(38)41-30(2,3)4)15-36(29(39)40-18-20-10-8-7-9-11-20)17-25-23(16-34(5)33-25)21-12-22-14-26(37)32-27(22)24(31)13-21/h7-13,16,19H,14-15,17-18H2,1-6H3,(H,32,37)/t19-/m1/s1. The summed E-state index contributed by atoms with van der Waals surface area (Å²) < 4.78 is 12.9. The van der Waals surface area contributed by atoms with E-state index in [0.29, 0.717) is 16.4 Å². The van der Waals surface area contributed by atoms with Gasteiger partial charge in [0.05, 0.1) is 29.4 Å². The predicted molar refractivity (Wildman–Crippen MR) is 156 cm³/mol. The molecule has 0 radical (unpaired) electrons. The zero-order valence-corrected chi connectivity index (χ0v) is 25.0. The van der Waals surface area contributed by atoms with Crippen molar-refractivity contribution in [3.63, 3.8) is 0 Å². The maximum atomic E-state index is 13.4. The second-order valence-corrected chi connectivity index (χ2v) is 11.6. The topological polar surface area (TPSA) is 106 Å². The molecule has 11 heteroatoms. The van der Waals surface area contributed by atoms with Gasteiger partial charge in [-0.1, -0.05) is 41.9 Å². The molecule has 1 aliphatic rings.